The molecule has 0 saturated heterocycles. The van der Waals surface area contributed by atoms with Crippen LogP contribution in [0.25, 0.3) is 10.4 Å². The van der Waals surface area contributed by atoms with Crippen LogP contribution in [0.2, 0.25) is 0 Å². The van der Waals surface area contributed by atoms with Crippen molar-refractivity contribution in [2.45, 2.75) is 0 Å². The summed E-state index contributed by atoms with van der Waals surface area (Å²) in [4.78, 5) is 27.8. The molecule has 0 fully saturated rings. The number of ether oxygens (including phenoxy) is 2. The molecule has 0 radical (unpaired) electrons. The van der Waals surface area contributed by atoms with Crippen LogP contribution in [0.15, 0.2) is 30.3 Å². The standard InChI is InChI=1S/C13H11NO4S/c1-17-12(15)9-10(8-6-4-3-5-7-8)19-11(14-9)13(16)18-2/h3-7H,1-2H3. The van der Waals surface area contributed by atoms with E-state index in [9.17, 15) is 9.59 Å². The lowest BCUT2D eigenvalue weighted by Crippen LogP contribution is -2.05. The minimum absolute atomic E-state index is 0.124. The van der Waals surface area contributed by atoms with E-state index in [0.717, 1.165) is 16.9 Å². The molecule has 1 heterocycles. The summed E-state index contributed by atoms with van der Waals surface area (Å²) in [5.74, 6) is -1.15. The van der Waals surface area contributed by atoms with Gasteiger partial charge in [-0.1, -0.05) is 30.3 Å². The number of aromatic nitrogens is 1. The summed E-state index contributed by atoms with van der Waals surface area (Å²) in [6.07, 6.45) is 0. The van der Waals surface area contributed by atoms with E-state index in [2.05, 4.69) is 14.5 Å². The Morgan fingerprint density at radius 3 is 2.26 bits per heavy atom. The Morgan fingerprint density at radius 1 is 1.05 bits per heavy atom. The number of rotatable bonds is 3. The molecule has 0 unspecified atom stereocenters. The first kappa shape index (κ1) is 13.2. The summed E-state index contributed by atoms with van der Waals surface area (Å²) in [6, 6.07) is 9.22. The quantitative estimate of drug-likeness (QED) is 0.806. The number of hydrogen-bond donors (Lipinski definition) is 0. The third kappa shape index (κ3) is 2.63. The highest BCUT2D eigenvalue weighted by molar-refractivity contribution is 7.17. The van der Waals surface area contributed by atoms with E-state index in [1.165, 1.54) is 14.2 Å². The first-order valence-corrected chi connectivity index (χ1v) is 6.22. The van der Waals surface area contributed by atoms with Crippen molar-refractivity contribution in [1.82, 2.24) is 4.98 Å². The van der Waals surface area contributed by atoms with Gasteiger partial charge in [0, 0.05) is 0 Å². The van der Waals surface area contributed by atoms with Crippen LogP contribution in [0.3, 0.4) is 0 Å². The lowest BCUT2D eigenvalue weighted by Gasteiger charge is -1.99. The fourth-order valence-corrected chi connectivity index (χ4v) is 2.49. The van der Waals surface area contributed by atoms with Gasteiger partial charge in [-0.2, -0.15) is 0 Å². The van der Waals surface area contributed by atoms with Gasteiger partial charge < -0.3 is 9.47 Å². The van der Waals surface area contributed by atoms with E-state index in [1.807, 2.05) is 30.3 Å². The average Bonchev–Trinajstić information content (AvgIpc) is 2.91. The number of carbonyl (C=O) groups excluding carboxylic acids is 2. The van der Waals surface area contributed by atoms with Gasteiger partial charge in [0.15, 0.2) is 5.69 Å². The number of carbonyl (C=O) groups is 2. The predicted octanol–water partition coefficient (Wildman–Crippen LogP) is 2.38. The molecule has 0 amide bonds. The van der Waals surface area contributed by atoms with Gasteiger partial charge in [-0.15, -0.1) is 11.3 Å². The van der Waals surface area contributed by atoms with Crippen molar-refractivity contribution in [2.24, 2.45) is 0 Å². The summed E-state index contributed by atoms with van der Waals surface area (Å²) >= 11 is 1.10. The predicted molar refractivity (Wildman–Crippen MR) is 70.2 cm³/mol. The van der Waals surface area contributed by atoms with Crippen LogP contribution in [0, 0.1) is 0 Å². The molecule has 0 aliphatic heterocycles. The number of esters is 2. The van der Waals surface area contributed by atoms with Crippen LogP contribution < -0.4 is 0 Å². The molecule has 2 aromatic rings. The summed E-state index contributed by atoms with van der Waals surface area (Å²) in [7, 11) is 2.54. The van der Waals surface area contributed by atoms with Gasteiger partial charge >= 0.3 is 11.9 Å². The first-order valence-electron chi connectivity index (χ1n) is 5.40. The van der Waals surface area contributed by atoms with Crippen LogP contribution in [0.4, 0.5) is 0 Å². The minimum Gasteiger partial charge on any atom is -0.464 e. The third-order valence-electron chi connectivity index (χ3n) is 2.40. The maximum Gasteiger partial charge on any atom is 0.367 e. The summed E-state index contributed by atoms with van der Waals surface area (Å²) in [5, 5.41) is 0.127. The third-order valence-corrected chi connectivity index (χ3v) is 3.49. The van der Waals surface area contributed by atoms with Crippen LogP contribution >= 0.6 is 11.3 Å². The van der Waals surface area contributed by atoms with Gasteiger partial charge in [-0.25, -0.2) is 14.6 Å². The van der Waals surface area contributed by atoms with Gasteiger partial charge in [0.05, 0.1) is 19.1 Å². The van der Waals surface area contributed by atoms with E-state index in [0.29, 0.717) is 4.88 Å². The number of nitrogens with zero attached hydrogens (tertiary/aromatic N) is 1. The van der Waals surface area contributed by atoms with Crippen LogP contribution in [0.1, 0.15) is 20.3 Å². The van der Waals surface area contributed by atoms with Crippen molar-refractivity contribution in [2.75, 3.05) is 14.2 Å². The normalized spacial score (nSPS) is 10.0. The van der Waals surface area contributed by atoms with Crippen molar-refractivity contribution in [1.29, 1.82) is 0 Å². The Kier molecular flexibility index (Phi) is 3.91. The Hall–Kier alpha value is -2.21. The monoisotopic (exact) mass is 277 g/mol. The topological polar surface area (TPSA) is 65.5 Å². The minimum atomic E-state index is -0.578. The second-order valence-corrected chi connectivity index (χ2v) is 4.55. The van der Waals surface area contributed by atoms with E-state index >= 15 is 0 Å². The maximum absolute atomic E-state index is 11.7. The van der Waals surface area contributed by atoms with Gasteiger partial charge in [0.1, 0.15) is 0 Å². The molecule has 0 bridgehead atoms. The van der Waals surface area contributed by atoms with E-state index in [-0.39, 0.29) is 10.7 Å². The van der Waals surface area contributed by atoms with Gasteiger partial charge in [-0.05, 0) is 5.56 Å². The van der Waals surface area contributed by atoms with Crippen LogP contribution in [-0.2, 0) is 9.47 Å². The fourth-order valence-electron chi connectivity index (χ4n) is 1.51. The zero-order chi connectivity index (χ0) is 13.8. The van der Waals surface area contributed by atoms with Gasteiger partial charge in [-0.3, -0.25) is 0 Å². The van der Waals surface area contributed by atoms with E-state index in [1.54, 1.807) is 0 Å². The summed E-state index contributed by atoms with van der Waals surface area (Å²) in [6.45, 7) is 0. The molecule has 0 saturated carbocycles. The molecular formula is C13H11NO4S. The molecule has 1 aromatic carbocycles. The zero-order valence-corrected chi connectivity index (χ0v) is 11.2. The molecule has 6 heteroatoms. The molecule has 0 aliphatic carbocycles. The van der Waals surface area contributed by atoms with E-state index in [4.69, 9.17) is 0 Å². The van der Waals surface area contributed by atoms with Crippen molar-refractivity contribution < 1.29 is 19.1 Å². The molecule has 2 rings (SSSR count). The Bertz CT molecular complexity index is 606. The molecule has 19 heavy (non-hydrogen) atoms. The lowest BCUT2D eigenvalue weighted by molar-refractivity contribution is 0.0592. The Balaban J connectivity index is 2.55. The van der Waals surface area contributed by atoms with Crippen molar-refractivity contribution >= 4 is 23.3 Å². The van der Waals surface area contributed by atoms with Crippen molar-refractivity contribution in [3.05, 3.63) is 41.0 Å². The number of benzene rings is 1. The van der Waals surface area contributed by atoms with Gasteiger partial charge in [0.25, 0.3) is 0 Å². The van der Waals surface area contributed by atoms with E-state index < -0.39 is 11.9 Å². The highest BCUT2D eigenvalue weighted by Gasteiger charge is 2.23. The molecule has 0 aliphatic rings. The molecule has 98 valence electrons. The van der Waals surface area contributed by atoms with Crippen LogP contribution in [-0.4, -0.2) is 31.1 Å². The molecule has 1 aromatic heterocycles. The van der Waals surface area contributed by atoms with Crippen LogP contribution in [0.5, 0.6) is 0 Å². The Labute approximate surface area is 113 Å². The zero-order valence-electron chi connectivity index (χ0n) is 10.4. The molecule has 0 N–H and O–H groups in total. The average molecular weight is 277 g/mol. The highest BCUT2D eigenvalue weighted by atomic mass is 32.1. The highest BCUT2D eigenvalue weighted by Crippen LogP contribution is 2.31. The number of hydrogen-bond acceptors (Lipinski definition) is 6. The molecule has 0 atom stereocenters. The lowest BCUT2D eigenvalue weighted by atomic mass is 10.1. The van der Waals surface area contributed by atoms with Gasteiger partial charge in [0.2, 0.25) is 5.01 Å². The summed E-state index contributed by atoms with van der Waals surface area (Å²) < 4.78 is 9.29. The SMILES string of the molecule is COC(=O)c1nc(C(=O)OC)c(-c2ccccc2)s1. The fraction of sp³-hybridized carbons (Fsp3) is 0.154. The van der Waals surface area contributed by atoms with Crippen molar-refractivity contribution in [3.8, 4) is 10.4 Å². The second kappa shape index (κ2) is 5.62. The Morgan fingerprint density at radius 2 is 1.68 bits per heavy atom. The van der Waals surface area contributed by atoms with Crippen molar-refractivity contribution in [3.63, 3.8) is 0 Å². The number of methoxy groups -OCH3 is 2. The first-order chi connectivity index (χ1) is 9.17. The number of thiazole rings is 1. The maximum atomic E-state index is 11.7. The molecule has 5 nitrogen and oxygen atoms in total. The molecule has 0 spiro atoms. The largest absolute Gasteiger partial charge is 0.464 e. The summed E-state index contributed by atoms with van der Waals surface area (Å²) in [5.41, 5.74) is 0.926. The smallest absolute Gasteiger partial charge is 0.367 e. The molecular weight excluding hydrogens is 266 g/mol. The second-order valence-electron chi connectivity index (χ2n) is 3.55.